The quantitative estimate of drug-likeness (QED) is 0.521. The Kier molecular flexibility index (Phi) is 4.05. The molecule has 0 saturated carbocycles. The molecular formula is C22H17N3. The average Bonchev–Trinajstić information content (AvgIpc) is 2.69. The molecule has 0 N–H and O–H groups in total. The van der Waals surface area contributed by atoms with Gasteiger partial charge in [-0.15, -0.1) is 0 Å². The molecule has 0 aliphatic heterocycles. The van der Waals surface area contributed by atoms with Crippen LogP contribution in [0.3, 0.4) is 0 Å². The maximum absolute atomic E-state index is 4.78. The summed E-state index contributed by atoms with van der Waals surface area (Å²) >= 11 is 0. The Labute approximate surface area is 147 Å². The van der Waals surface area contributed by atoms with Crippen LogP contribution in [0.5, 0.6) is 0 Å². The number of rotatable bonds is 3. The molecule has 0 atom stereocenters. The van der Waals surface area contributed by atoms with Crippen LogP contribution in [-0.4, -0.2) is 15.0 Å². The summed E-state index contributed by atoms with van der Waals surface area (Å²) in [7, 11) is 0. The molecular weight excluding hydrogens is 306 g/mol. The third-order valence-corrected chi connectivity index (χ3v) is 4.03. The first-order valence-corrected chi connectivity index (χ1v) is 8.22. The first-order valence-electron chi connectivity index (χ1n) is 8.22. The minimum atomic E-state index is 0.688. The smallest absolute Gasteiger partial charge is 0.161 e. The predicted molar refractivity (Wildman–Crippen MR) is 101 cm³/mol. The summed E-state index contributed by atoms with van der Waals surface area (Å²) in [5.41, 5.74) is 5.86. The summed E-state index contributed by atoms with van der Waals surface area (Å²) < 4.78 is 0. The van der Waals surface area contributed by atoms with Crippen molar-refractivity contribution in [1.82, 2.24) is 15.0 Å². The maximum atomic E-state index is 4.78. The molecule has 0 saturated heterocycles. The largest absolute Gasteiger partial charge is 0.261 e. The van der Waals surface area contributed by atoms with Gasteiger partial charge in [0.05, 0.1) is 11.4 Å². The number of aromatic nitrogens is 3. The highest BCUT2D eigenvalue weighted by Gasteiger charge is 2.10. The number of benzene rings is 2. The SMILES string of the molecule is Cc1ccc(-c2nc(-c3ccccc3)cc(-c3ccccc3)n2)cn1. The summed E-state index contributed by atoms with van der Waals surface area (Å²) in [6, 6.07) is 26.4. The van der Waals surface area contributed by atoms with E-state index >= 15 is 0 Å². The Morgan fingerprint density at radius 2 is 1.16 bits per heavy atom. The van der Waals surface area contributed by atoms with E-state index in [-0.39, 0.29) is 0 Å². The molecule has 4 aromatic rings. The van der Waals surface area contributed by atoms with Crippen LogP contribution in [0.1, 0.15) is 5.69 Å². The van der Waals surface area contributed by atoms with Crippen molar-refractivity contribution in [3.05, 3.63) is 90.8 Å². The summed E-state index contributed by atoms with van der Waals surface area (Å²) in [6.07, 6.45) is 1.83. The van der Waals surface area contributed by atoms with E-state index in [0.29, 0.717) is 5.82 Å². The fourth-order valence-corrected chi connectivity index (χ4v) is 2.69. The van der Waals surface area contributed by atoms with Gasteiger partial charge in [-0.2, -0.15) is 0 Å². The molecule has 120 valence electrons. The third-order valence-electron chi connectivity index (χ3n) is 4.03. The average molecular weight is 323 g/mol. The molecule has 2 aromatic heterocycles. The fraction of sp³-hybridized carbons (Fsp3) is 0.0455. The van der Waals surface area contributed by atoms with E-state index in [1.54, 1.807) is 0 Å². The van der Waals surface area contributed by atoms with Crippen molar-refractivity contribution >= 4 is 0 Å². The lowest BCUT2D eigenvalue weighted by Gasteiger charge is -2.09. The van der Waals surface area contributed by atoms with E-state index in [9.17, 15) is 0 Å². The zero-order valence-electron chi connectivity index (χ0n) is 13.9. The van der Waals surface area contributed by atoms with E-state index < -0.39 is 0 Å². The van der Waals surface area contributed by atoms with Crippen molar-refractivity contribution < 1.29 is 0 Å². The molecule has 0 bridgehead atoms. The van der Waals surface area contributed by atoms with Gasteiger partial charge in [-0.05, 0) is 25.1 Å². The van der Waals surface area contributed by atoms with Crippen LogP contribution in [0.4, 0.5) is 0 Å². The van der Waals surface area contributed by atoms with Crippen molar-refractivity contribution in [2.24, 2.45) is 0 Å². The molecule has 3 nitrogen and oxygen atoms in total. The molecule has 4 rings (SSSR count). The number of pyridine rings is 1. The summed E-state index contributed by atoms with van der Waals surface area (Å²) in [5.74, 6) is 0.688. The number of aryl methyl sites for hydroxylation is 1. The number of hydrogen-bond donors (Lipinski definition) is 0. The van der Waals surface area contributed by atoms with Gasteiger partial charge in [-0.3, -0.25) is 4.98 Å². The van der Waals surface area contributed by atoms with Crippen LogP contribution >= 0.6 is 0 Å². The van der Waals surface area contributed by atoms with Crippen LogP contribution < -0.4 is 0 Å². The molecule has 0 amide bonds. The third kappa shape index (κ3) is 3.31. The van der Waals surface area contributed by atoms with Crippen molar-refractivity contribution in [3.8, 4) is 33.9 Å². The second-order valence-corrected chi connectivity index (χ2v) is 5.88. The molecule has 0 aliphatic carbocycles. The van der Waals surface area contributed by atoms with Crippen molar-refractivity contribution in [2.75, 3.05) is 0 Å². The van der Waals surface area contributed by atoms with Crippen LogP contribution in [0.2, 0.25) is 0 Å². The van der Waals surface area contributed by atoms with Gasteiger partial charge in [0.2, 0.25) is 0 Å². The number of nitrogens with zero attached hydrogens (tertiary/aromatic N) is 3. The van der Waals surface area contributed by atoms with Gasteiger partial charge in [0.15, 0.2) is 5.82 Å². The maximum Gasteiger partial charge on any atom is 0.161 e. The molecule has 0 unspecified atom stereocenters. The van der Waals surface area contributed by atoms with E-state index in [4.69, 9.17) is 9.97 Å². The molecule has 25 heavy (non-hydrogen) atoms. The van der Waals surface area contributed by atoms with Crippen LogP contribution in [0, 0.1) is 6.92 Å². The summed E-state index contributed by atoms with van der Waals surface area (Å²) in [5, 5.41) is 0. The van der Waals surface area contributed by atoms with E-state index in [1.807, 2.05) is 67.7 Å². The molecule has 3 heteroatoms. The normalized spacial score (nSPS) is 10.6. The van der Waals surface area contributed by atoms with Gasteiger partial charge >= 0.3 is 0 Å². The summed E-state index contributed by atoms with van der Waals surface area (Å²) in [6.45, 7) is 1.97. The first-order chi connectivity index (χ1) is 12.3. The zero-order chi connectivity index (χ0) is 17.1. The van der Waals surface area contributed by atoms with Crippen molar-refractivity contribution in [2.45, 2.75) is 6.92 Å². The highest BCUT2D eigenvalue weighted by atomic mass is 14.9. The Bertz CT molecular complexity index is 921. The Hall–Kier alpha value is -3.33. The molecule has 0 fully saturated rings. The molecule has 2 heterocycles. The Morgan fingerprint density at radius 1 is 0.600 bits per heavy atom. The lowest BCUT2D eigenvalue weighted by molar-refractivity contribution is 1.15. The Balaban J connectivity index is 1.90. The van der Waals surface area contributed by atoms with E-state index in [2.05, 4.69) is 29.2 Å². The van der Waals surface area contributed by atoms with Gasteiger partial charge < -0.3 is 0 Å². The molecule has 2 aromatic carbocycles. The van der Waals surface area contributed by atoms with Gasteiger partial charge in [0.25, 0.3) is 0 Å². The van der Waals surface area contributed by atoms with Crippen LogP contribution in [0.25, 0.3) is 33.9 Å². The minimum absolute atomic E-state index is 0.688. The topological polar surface area (TPSA) is 38.7 Å². The van der Waals surface area contributed by atoms with E-state index in [1.165, 1.54) is 0 Å². The monoisotopic (exact) mass is 323 g/mol. The van der Waals surface area contributed by atoms with Crippen LogP contribution in [0.15, 0.2) is 85.1 Å². The van der Waals surface area contributed by atoms with Gasteiger partial charge in [0, 0.05) is 28.6 Å². The highest BCUT2D eigenvalue weighted by molar-refractivity contribution is 5.71. The first kappa shape index (κ1) is 15.2. The molecule has 0 spiro atoms. The van der Waals surface area contributed by atoms with Crippen molar-refractivity contribution in [3.63, 3.8) is 0 Å². The number of hydrogen-bond acceptors (Lipinski definition) is 3. The second-order valence-electron chi connectivity index (χ2n) is 5.88. The zero-order valence-corrected chi connectivity index (χ0v) is 13.9. The van der Waals surface area contributed by atoms with E-state index in [0.717, 1.165) is 33.8 Å². The van der Waals surface area contributed by atoms with Gasteiger partial charge in [-0.25, -0.2) is 9.97 Å². The van der Waals surface area contributed by atoms with Crippen molar-refractivity contribution in [1.29, 1.82) is 0 Å². The minimum Gasteiger partial charge on any atom is -0.261 e. The van der Waals surface area contributed by atoms with Gasteiger partial charge in [0.1, 0.15) is 0 Å². The lowest BCUT2D eigenvalue weighted by Crippen LogP contribution is -1.96. The standard InChI is InChI=1S/C22H17N3/c1-16-12-13-19(15-23-16)22-24-20(17-8-4-2-5-9-17)14-21(25-22)18-10-6-3-7-11-18/h2-15H,1H3. The lowest BCUT2D eigenvalue weighted by atomic mass is 10.1. The fourth-order valence-electron chi connectivity index (χ4n) is 2.69. The predicted octanol–water partition coefficient (Wildman–Crippen LogP) is 5.18. The second kappa shape index (κ2) is 6.65. The highest BCUT2D eigenvalue weighted by Crippen LogP contribution is 2.27. The van der Waals surface area contributed by atoms with Gasteiger partial charge in [-0.1, -0.05) is 60.7 Å². The molecule has 0 aliphatic rings. The summed E-state index contributed by atoms with van der Waals surface area (Å²) in [4.78, 5) is 13.9. The Morgan fingerprint density at radius 3 is 1.64 bits per heavy atom. The molecule has 0 radical (unpaired) electrons. The van der Waals surface area contributed by atoms with Crippen LogP contribution in [-0.2, 0) is 0 Å².